The Balaban J connectivity index is 4.80. The third kappa shape index (κ3) is 6.42. The normalized spacial score (nSPS) is 14.4. The lowest BCUT2D eigenvalue weighted by Gasteiger charge is -2.35. The van der Waals surface area contributed by atoms with Crippen molar-refractivity contribution in [3.05, 3.63) is 10.4 Å². The molecule has 7 heteroatoms. The van der Waals surface area contributed by atoms with Gasteiger partial charge in [-0.2, -0.15) is 0 Å². The minimum atomic E-state index is -0.875. The fraction of sp³-hybridized carbons (Fsp3) is 0.917. The summed E-state index contributed by atoms with van der Waals surface area (Å²) in [6.45, 7) is 8.33. The highest BCUT2D eigenvalue weighted by atomic mass is 16.5. The van der Waals surface area contributed by atoms with Crippen LogP contribution < -0.4 is 5.32 Å². The SMILES string of the molecule is CCOC(=O)C(C)(CC(C)(C)OC)NCCN=[N+]=[N-]. The number of azide groups is 1. The van der Waals surface area contributed by atoms with Crippen molar-refractivity contribution in [2.45, 2.75) is 45.3 Å². The van der Waals surface area contributed by atoms with Crippen molar-refractivity contribution in [2.75, 3.05) is 26.8 Å². The molecule has 19 heavy (non-hydrogen) atoms. The molecule has 0 saturated carbocycles. The van der Waals surface area contributed by atoms with E-state index in [1.54, 1.807) is 21.0 Å². The van der Waals surface area contributed by atoms with Crippen LogP contribution in [-0.4, -0.2) is 43.9 Å². The fourth-order valence-electron chi connectivity index (χ4n) is 1.85. The molecule has 1 atom stereocenters. The van der Waals surface area contributed by atoms with Gasteiger partial charge < -0.3 is 14.8 Å². The van der Waals surface area contributed by atoms with Crippen LogP contribution in [0.15, 0.2) is 5.11 Å². The number of esters is 1. The first-order valence-electron chi connectivity index (χ1n) is 6.29. The van der Waals surface area contributed by atoms with Crippen LogP contribution in [-0.2, 0) is 14.3 Å². The number of hydrogen-bond acceptors (Lipinski definition) is 5. The van der Waals surface area contributed by atoms with Gasteiger partial charge in [-0.05, 0) is 33.2 Å². The van der Waals surface area contributed by atoms with Gasteiger partial charge in [0.15, 0.2) is 0 Å². The Morgan fingerprint density at radius 3 is 2.53 bits per heavy atom. The van der Waals surface area contributed by atoms with Gasteiger partial charge in [0.1, 0.15) is 5.54 Å². The van der Waals surface area contributed by atoms with E-state index in [1.165, 1.54) is 0 Å². The first-order valence-corrected chi connectivity index (χ1v) is 6.29. The van der Waals surface area contributed by atoms with Gasteiger partial charge >= 0.3 is 5.97 Å². The molecule has 0 aromatic heterocycles. The van der Waals surface area contributed by atoms with E-state index in [4.69, 9.17) is 15.0 Å². The summed E-state index contributed by atoms with van der Waals surface area (Å²) >= 11 is 0. The highest BCUT2D eigenvalue weighted by Gasteiger charge is 2.39. The van der Waals surface area contributed by atoms with Crippen molar-refractivity contribution < 1.29 is 14.3 Å². The van der Waals surface area contributed by atoms with E-state index in [0.29, 0.717) is 19.6 Å². The minimum Gasteiger partial charge on any atom is -0.465 e. The van der Waals surface area contributed by atoms with Crippen LogP contribution in [0, 0.1) is 0 Å². The second-order valence-electron chi connectivity index (χ2n) is 5.07. The molecular weight excluding hydrogens is 248 g/mol. The Labute approximate surface area is 114 Å². The number of rotatable bonds is 9. The Morgan fingerprint density at radius 2 is 2.05 bits per heavy atom. The van der Waals surface area contributed by atoms with Gasteiger partial charge in [0.05, 0.1) is 12.2 Å². The van der Waals surface area contributed by atoms with Crippen LogP contribution in [0.1, 0.15) is 34.1 Å². The number of nitrogens with one attached hydrogen (secondary N) is 1. The van der Waals surface area contributed by atoms with Crippen molar-refractivity contribution in [1.82, 2.24) is 5.32 Å². The molecule has 7 nitrogen and oxygen atoms in total. The quantitative estimate of drug-likeness (QED) is 0.228. The van der Waals surface area contributed by atoms with Gasteiger partial charge in [-0.3, -0.25) is 4.79 Å². The van der Waals surface area contributed by atoms with E-state index in [2.05, 4.69) is 15.3 Å². The molecular formula is C12H24N4O3. The third-order valence-corrected chi connectivity index (χ3v) is 2.85. The average Bonchev–Trinajstić information content (AvgIpc) is 2.34. The molecule has 0 radical (unpaired) electrons. The Bertz CT molecular complexity index is 340. The molecule has 0 aromatic rings. The summed E-state index contributed by atoms with van der Waals surface area (Å²) < 4.78 is 10.5. The summed E-state index contributed by atoms with van der Waals surface area (Å²) in [7, 11) is 1.60. The molecule has 110 valence electrons. The lowest BCUT2D eigenvalue weighted by atomic mass is 9.87. The van der Waals surface area contributed by atoms with Crippen LogP contribution in [0.3, 0.4) is 0 Å². The molecule has 0 aliphatic rings. The standard InChI is InChI=1S/C12H24N4O3/c1-6-19-10(17)12(4,9-11(2,3)18-5)14-7-8-15-16-13/h14H,6-9H2,1-5H3. The molecule has 0 saturated heterocycles. The van der Waals surface area contributed by atoms with Gasteiger partial charge in [-0.25, -0.2) is 0 Å². The van der Waals surface area contributed by atoms with Gasteiger partial charge in [0.25, 0.3) is 0 Å². The van der Waals surface area contributed by atoms with E-state index in [9.17, 15) is 4.79 Å². The number of carbonyl (C=O) groups is 1. The zero-order valence-electron chi connectivity index (χ0n) is 12.4. The van der Waals surface area contributed by atoms with Crippen LogP contribution in [0.25, 0.3) is 10.4 Å². The summed E-state index contributed by atoms with van der Waals surface area (Å²) in [5.41, 5.74) is 6.89. The fourth-order valence-corrected chi connectivity index (χ4v) is 1.85. The van der Waals surface area contributed by atoms with E-state index in [-0.39, 0.29) is 12.5 Å². The van der Waals surface area contributed by atoms with Gasteiger partial charge in [-0.15, -0.1) is 0 Å². The predicted octanol–water partition coefficient (Wildman–Crippen LogP) is 2.02. The minimum absolute atomic E-state index is 0.277. The second kappa shape index (κ2) is 7.99. The molecule has 1 N–H and O–H groups in total. The van der Waals surface area contributed by atoms with Crippen LogP contribution in [0.4, 0.5) is 0 Å². The average molecular weight is 272 g/mol. The molecule has 1 unspecified atom stereocenters. The molecule has 0 fully saturated rings. The highest BCUT2D eigenvalue weighted by Crippen LogP contribution is 2.24. The number of methoxy groups -OCH3 is 1. The summed E-state index contributed by atoms with van der Waals surface area (Å²) in [5, 5.41) is 6.52. The maximum Gasteiger partial charge on any atom is 0.326 e. The monoisotopic (exact) mass is 272 g/mol. The Kier molecular flexibility index (Phi) is 7.44. The van der Waals surface area contributed by atoms with Crippen molar-refractivity contribution in [3.8, 4) is 0 Å². The molecule has 0 heterocycles. The molecule has 0 aromatic carbocycles. The van der Waals surface area contributed by atoms with E-state index in [1.807, 2.05) is 13.8 Å². The summed E-state index contributed by atoms with van der Waals surface area (Å²) in [6, 6.07) is 0. The van der Waals surface area contributed by atoms with Crippen molar-refractivity contribution >= 4 is 5.97 Å². The number of nitrogens with zero attached hydrogens (tertiary/aromatic N) is 3. The first kappa shape index (κ1) is 17.7. The van der Waals surface area contributed by atoms with Crippen LogP contribution in [0.2, 0.25) is 0 Å². The maximum absolute atomic E-state index is 12.1. The first-order chi connectivity index (χ1) is 8.81. The molecule has 0 spiro atoms. The number of carbonyl (C=O) groups excluding carboxylic acids is 1. The lowest BCUT2D eigenvalue weighted by Crippen LogP contribution is -2.55. The highest BCUT2D eigenvalue weighted by molar-refractivity contribution is 5.80. The maximum atomic E-state index is 12.1. The third-order valence-electron chi connectivity index (χ3n) is 2.85. The predicted molar refractivity (Wildman–Crippen MR) is 72.8 cm³/mol. The zero-order chi connectivity index (χ0) is 14.9. The second-order valence-corrected chi connectivity index (χ2v) is 5.07. The summed E-state index contributed by atoms with van der Waals surface area (Å²) in [6.07, 6.45) is 0.450. The zero-order valence-corrected chi connectivity index (χ0v) is 12.4. The molecule has 0 bridgehead atoms. The summed E-state index contributed by atoms with van der Waals surface area (Å²) in [4.78, 5) is 14.7. The summed E-state index contributed by atoms with van der Waals surface area (Å²) in [5.74, 6) is -0.332. The van der Waals surface area contributed by atoms with E-state index < -0.39 is 11.1 Å². The van der Waals surface area contributed by atoms with Crippen LogP contribution >= 0.6 is 0 Å². The lowest BCUT2D eigenvalue weighted by molar-refractivity contribution is -0.153. The molecule has 0 aliphatic heterocycles. The van der Waals surface area contributed by atoms with Crippen molar-refractivity contribution in [1.29, 1.82) is 0 Å². The van der Waals surface area contributed by atoms with Crippen molar-refractivity contribution in [2.24, 2.45) is 5.11 Å². The van der Waals surface area contributed by atoms with Gasteiger partial charge in [0.2, 0.25) is 0 Å². The Hall–Kier alpha value is -1.30. The topological polar surface area (TPSA) is 96.3 Å². The molecule has 0 amide bonds. The Morgan fingerprint density at radius 1 is 1.42 bits per heavy atom. The van der Waals surface area contributed by atoms with Crippen LogP contribution in [0.5, 0.6) is 0 Å². The van der Waals surface area contributed by atoms with Gasteiger partial charge in [0, 0.05) is 31.5 Å². The smallest absolute Gasteiger partial charge is 0.326 e. The van der Waals surface area contributed by atoms with E-state index in [0.717, 1.165) is 0 Å². The van der Waals surface area contributed by atoms with Gasteiger partial charge in [-0.1, -0.05) is 5.11 Å². The number of hydrogen-bond donors (Lipinski definition) is 1. The number of ether oxygens (including phenoxy) is 2. The molecule has 0 rings (SSSR count). The molecule has 0 aliphatic carbocycles. The largest absolute Gasteiger partial charge is 0.465 e. The van der Waals surface area contributed by atoms with Crippen molar-refractivity contribution in [3.63, 3.8) is 0 Å². The van der Waals surface area contributed by atoms with E-state index >= 15 is 0 Å².